The predicted molar refractivity (Wildman–Crippen MR) is 51.2 cm³/mol. The smallest absolute Gasteiger partial charge is 0.201 e. The molecule has 0 spiro atoms. The summed E-state index contributed by atoms with van der Waals surface area (Å²) in [6.07, 6.45) is 0.631. The van der Waals surface area contributed by atoms with Gasteiger partial charge in [-0.1, -0.05) is 0 Å². The van der Waals surface area contributed by atoms with E-state index >= 15 is 0 Å². The zero-order chi connectivity index (χ0) is 10.9. The highest BCUT2D eigenvalue weighted by atomic mass is 16.5. The van der Waals surface area contributed by atoms with Gasteiger partial charge in [0, 0.05) is 16.7 Å². The van der Waals surface area contributed by atoms with E-state index in [2.05, 4.69) is 0 Å². The van der Waals surface area contributed by atoms with E-state index in [1.165, 1.54) is 7.11 Å². The van der Waals surface area contributed by atoms with Crippen LogP contribution in [0.25, 0.3) is 0 Å². The van der Waals surface area contributed by atoms with Crippen molar-refractivity contribution in [3.05, 3.63) is 16.7 Å². The second kappa shape index (κ2) is 3.57. The minimum atomic E-state index is -0.326. The van der Waals surface area contributed by atoms with Crippen molar-refractivity contribution in [2.45, 2.75) is 13.8 Å². The van der Waals surface area contributed by atoms with Crippen molar-refractivity contribution in [2.75, 3.05) is 7.11 Å². The lowest BCUT2D eigenvalue weighted by molar-refractivity contribution is 0.112. The number of methoxy groups -OCH3 is 1. The first-order valence-electron chi connectivity index (χ1n) is 4.08. The lowest BCUT2D eigenvalue weighted by atomic mass is 10.0. The maximum absolute atomic E-state index is 10.7. The second-order valence-corrected chi connectivity index (χ2v) is 3.01. The molecule has 2 N–H and O–H groups in total. The summed E-state index contributed by atoms with van der Waals surface area (Å²) < 4.78 is 4.89. The third kappa shape index (κ3) is 1.28. The number of ether oxygens (including phenoxy) is 1. The van der Waals surface area contributed by atoms with Crippen molar-refractivity contribution in [1.29, 1.82) is 0 Å². The van der Waals surface area contributed by atoms with Crippen LogP contribution in [0.2, 0.25) is 0 Å². The van der Waals surface area contributed by atoms with Crippen LogP contribution >= 0.6 is 0 Å². The number of phenolic OH excluding ortho intramolecular Hbond substituents is 2. The van der Waals surface area contributed by atoms with E-state index in [-0.39, 0.29) is 17.2 Å². The number of aldehydes is 1. The highest BCUT2D eigenvalue weighted by molar-refractivity contribution is 5.84. The van der Waals surface area contributed by atoms with Gasteiger partial charge < -0.3 is 14.9 Å². The Labute approximate surface area is 81.8 Å². The Balaban J connectivity index is 3.64. The van der Waals surface area contributed by atoms with Gasteiger partial charge in [0.2, 0.25) is 5.75 Å². The second-order valence-electron chi connectivity index (χ2n) is 3.01. The van der Waals surface area contributed by atoms with Gasteiger partial charge in [-0.25, -0.2) is 0 Å². The molecule has 0 saturated carbocycles. The number of hydrogen-bond acceptors (Lipinski definition) is 4. The fraction of sp³-hybridized carbons (Fsp3) is 0.300. The van der Waals surface area contributed by atoms with Gasteiger partial charge in [0.15, 0.2) is 17.8 Å². The minimum absolute atomic E-state index is 0.134. The normalized spacial score (nSPS) is 9.93. The Morgan fingerprint density at radius 1 is 1.14 bits per heavy atom. The molecule has 0 aliphatic carbocycles. The van der Waals surface area contributed by atoms with Gasteiger partial charge in [0.05, 0.1) is 7.11 Å². The average Bonchev–Trinajstić information content (AvgIpc) is 2.16. The quantitative estimate of drug-likeness (QED) is 0.556. The molecule has 0 aromatic heterocycles. The largest absolute Gasteiger partial charge is 0.504 e. The number of hydrogen-bond donors (Lipinski definition) is 2. The van der Waals surface area contributed by atoms with Crippen molar-refractivity contribution in [3.8, 4) is 17.2 Å². The molecule has 0 heterocycles. The molecule has 4 nitrogen and oxygen atoms in total. The third-order valence-electron chi connectivity index (χ3n) is 2.27. The number of carbonyl (C=O) groups is 1. The zero-order valence-electron chi connectivity index (χ0n) is 8.29. The van der Waals surface area contributed by atoms with Crippen LogP contribution in [0.1, 0.15) is 21.5 Å². The van der Waals surface area contributed by atoms with Crippen LogP contribution in [0.5, 0.6) is 17.2 Å². The molecular weight excluding hydrogens is 184 g/mol. The van der Waals surface area contributed by atoms with Gasteiger partial charge >= 0.3 is 0 Å². The standard InChI is InChI=1S/C10H12O4/c1-5-7(4-11)6(2)10(14-3)9(13)8(5)12/h4,12-13H,1-3H3. The van der Waals surface area contributed by atoms with Crippen molar-refractivity contribution in [3.63, 3.8) is 0 Å². The van der Waals surface area contributed by atoms with Crippen LogP contribution in [0.15, 0.2) is 0 Å². The molecule has 0 unspecified atom stereocenters. The van der Waals surface area contributed by atoms with Gasteiger partial charge in [0.25, 0.3) is 0 Å². The van der Waals surface area contributed by atoms with E-state index in [1.54, 1.807) is 13.8 Å². The summed E-state index contributed by atoms with van der Waals surface area (Å²) in [6.45, 7) is 3.21. The Morgan fingerprint density at radius 2 is 1.71 bits per heavy atom. The van der Waals surface area contributed by atoms with Gasteiger partial charge in [-0.15, -0.1) is 0 Å². The number of benzene rings is 1. The highest BCUT2D eigenvalue weighted by Gasteiger charge is 2.18. The molecule has 0 atom stereocenters. The fourth-order valence-corrected chi connectivity index (χ4v) is 1.42. The molecule has 0 bridgehead atoms. The summed E-state index contributed by atoms with van der Waals surface area (Å²) in [6, 6.07) is 0. The number of phenols is 2. The minimum Gasteiger partial charge on any atom is -0.504 e. The third-order valence-corrected chi connectivity index (χ3v) is 2.27. The van der Waals surface area contributed by atoms with Crippen LogP contribution in [0.4, 0.5) is 0 Å². The van der Waals surface area contributed by atoms with E-state index in [1.807, 2.05) is 0 Å². The van der Waals surface area contributed by atoms with Crippen molar-refractivity contribution >= 4 is 6.29 Å². The lowest BCUT2D eigenvalue weighted by Gasteiger charge is -2.13. The summed E-state index contributed by atoms with van der Waals surface area (Å²) in [5.74, 6) is -0.502. The maximum Gasteiger partial charge on any atom is 0.201 e. The summed E-state index contributed by atoms with van der Waals surface area (Å²) in [5, 5.41) is 19.0. The summed E-state index contributed by atoms with van der Waals surface area (Å²) >= 11 is 0. The Kier molecular flexibility index (Phi) is 2.65. The first kappa shape index (κ1) is 10.4. The molecule has 1 rings (SSSR count). The summed E-state index contributed by atoms with van der Waals surface area (Å²) in [7, 11) is 1.37. The Hall–Kier alpha value is -1.71. The van der Waals surface area contributed by atoms with Crippen LogP contribution in [0, 0.1) is 13.8 Å². The summed E-state index contributed by atoms with van der Waals surface area (Å²) in [4.78, 5) is 10.7. The SMILES string of the molecule is COc1c(C)c(C=O)c(C)c(O)c1O. The van der Waals surface area contributed by atoms with E-state index in [4.69, 9.17) is 4.74 Å². The average molecular weight is 196 g/mol. The number of rotatable bonds is 2. The molecule has 1 aromatic carbocycles. The molecule has 0 aliphatic rings. The van der Waals surface area contributed by atoms with Gasteiger partial charge in [0.1, 0.15) is 0 Å². The van der Waals surface area contributed by atoms with Crippen molar-refractivity contribution in [1.82, 2.24) is 0 Å². The number of carbonyl (C=O) groups excluding carboxylic acids is 1. The summed E-state index contributed by atoms with van der Waals surface area (Å²) in [5.41, 5.74) is 1.23. The molecular formula is C10H12O4. The van der Waals surface area contributed by atoms with Crippen LogP contribution in [0.3, 0.4) is 0 Å². The highest BCUT2D eigenvalue weighted by Crippen LogP contribution is 2.42. The topological polar surface area (TPSA) is 66.8 Å². The van der Waals surface area contributed by atoms with Crippen LogP contribution in [-0.2, 0) is 0 Å². The van der Waals surface area contributed by atoms with Gasteiger partial charge in [-0.3, -0.25) is 4.79 Å². The number of aromatic hydroxyl groups is 2. The lowest BCUT2D eigenvalue weighted by Crippen LogP contribution is -1.97. The van der Waals surface area contributed by atoms with Gasteiger partial charge in [-0.05, 0) is 13.8 Å². The van der Waals surface area contributed by atoms with E-state index in [9.17, 15) is 15.0 Å². The maximum atomic E-state index is 10.7. The van der Waals surface area contributed by atoms with E-state index < -0.39 is 0 Å². The Bertz CT molecular complexity index is 382. The van der Waals surface area contributed by atoms with Crippen LogP contribution < -0.4 is 4.74 Å². The molecule has 76 valence electrons. The van der Waals surface area contributed by atoms with Crippen molar-refractivity contribution in [2.24, 2.45) is 0 Å². The molecule has 4 heteroatoms. The molecule has 1 aromatic rings. The molecule has 0 fully saturated rings. The molecule has 0 aliphatic heterocycles. The fourth-order valence-electron chi connectivity index (χ4n) is 1.42. The molecule has 0 amide bonds. The van der Waals surface area contributed by atoms with Gasteiger partial charge in [-0.2, -0.15) is 0 Å². The first-order valence-corrected chi connectivity index (χ1v) is 4.08. The predicted octanol–water partition coefficient (Wildman–Crippen LogP) is 1.54. The van der Waals surface area contributed by atoms with E-state index in [0.717, 1.165) is 0 Å². The molecule has 14 heavy (non-hydrogen) atoms. The molecule has 0 saturated heterocycles. The van der Waals surface area contributed by atoms with Crippen molar-refractivity contribution < 1.29 is 19.7 Å². The molecule has 0 radical (unpaired) electrons. The monoisotopic (exact) mass is 196 g/mol. The van der Waals surface area contributed by atoms with E-state index in [0.29, 0.717) is 23.0 Å². The zero-order valence-corrected chi connectivity index (χ0v) is 8.29. The van der Waals surface area contributed by atoms with Crippen LogP contribution in [-0.4, -0.2) is 23.6 Å². The first-order chi connectivity index (χ1) is 6.54. The Morgan fingerprint density at radius 3 is 2.14 bits per heavy atom.